The lowest BCUT2D eigenvalue weighted by Crippen LogP contribution is -2.35. The summed E-state index contributed by atoms with van der Waals surface area (Å²) in [5.41, 5.74) is 0.786. The SMILES string of the molecule is CC(c1ccccc1[N+](=O)[O-])N1C2CCC1C(C(=O)O)C2. The third kappa shape index (κ3) is 2.19. The standard InChI is InChI=1S/C15H18N2O4/c1-9(11-4-2-3-5-14(11)17(20)21)16-10-6-7-13(16)12(8-10)15(18)19/h2-5,9-10,12-13H,6-8H2,1H3,(H,18,19). The molecule has 2 aliphatic rings. The molecule has 1 aromatic rings. The predicted molar refractivity (Wildman–Crippen MR) is 75.9 cm³/mol. The molecule has 2 fully saturated rings. The molecule has 0 amide bonds. The fraction of sp³-hybridized carbons (Fsp3) is 0.533. The second kappa shape index (κ2) is 5.11. The predicted octanol–water partition coefficient (Wildman–Crippen LogP) is 2.59. The highest BCUT2D eigenvalue weighted by atomic mass is 16.6. The van der Waals surface area contributed by atoms with Crippen molar-refractivity contribution in [1.82, 2.24) is 4.90 Å². The first-order chi connectivity index (χ1) is 10.0. The highest BCUT2D eigenvalue weighted by Gasteiger charge is 2.51. The summed E-state index contributed by atoms with van der Waals surface area (Å²) in [6.45, 7) is 1.94. The topological polar surface area (TPSA) is 83.7 Å². The molecule has 2 saturated heterocycles. The van der Waals surface area contributed by atoms with E-state index in [9.17, 15) is 20.0 Å². The van der Waals surface area contributed by atoms with Gasteiger partial charge in [0.25, 0.3) is 5.69 Å². The van der Waals surface area contributed by atoms with Crippen molar-refractivity contribution in [1.29, 1.82) is 0 Å². The summed E-state index contributed by atoms with van der Waals surface area (Å²) in [6, 6.07) is 6.84. The van der Waals surface area contributed by atoms with Crippen molar-refractivity contribution in [2.24, 2.45) is 5.92 Å². The molecule has 2 heterocycles. The number of nitrogens with zero attached hydrogens (tertiary/aromatic N) is 2. The van der Waals surface area contributed by atoms with Crippen LogP contribution in [0, 0.1) is 16.0 Å². The molecule has 112 valence electrons. The van der Waals surface area contributed by atoms with Crippen LogP contribution in [0.4, 0.5) is 5.69 Å². The zero-order valence-electron chi connectivity index (χ0n) is 11.8. The molecular weight excluding hydrogens is 272 g/mol. The van der Waals surface area contributed by atoms with Gasteiger partial charge in [-0.15, -0.1) is 0 Å². The molecule has 2 bridgehead atoms. The number of benzene rings is 1. The van der Waals surface area contributed by atoms with Crippen molar-refractivity contribution < 1.29 is 14.8 Å². The van der Waals surface area contributed by atoms with Gasteiger partial charge in [0.1, 0.15) is 0 Å². The molecule has 3 rings (SSSR count). The Morgan fingerprint density at radius 3 is 2.76 bits per heavy atom. The van der Waals surface area contributed by atoms with Gasteiger partial charge in [0, 0.05) is 29.8 Å². The summed E-state index contributed by atoms with van der Waals surface area (Å²) in [4.78, 5) is 24.3. The molecule has 0 saturated carbocycles. The van der Waals surface area contributed by atoms with E-state index >= 15 is 0 Å². The first-order valence-corrected chi connectivity index (χ1v) is 7.24. The lowest BCUT2D eigenvalue weighted by molar-refractivity contribution is -0.386. The van der Waals surface area contributed by atoms with E-state index in [1.807, 2.05) is 6.92 Å². The first kappa shape index (κ1) is 14.0. The number of carbonyl (C=O) groups is 1. The highest BCUT2D eigenvalue weighted by molar-refractivity contribution is 5.71. The summed E-state index contributed by atoms with van der Waals surface area (Å²) >= 11 is 0. The molecule has 6 heteroatoms. The molecule has 1 N–H and O–H groups in total. The monoisotopic (exact) mass is 290 g/mol. The van der Waals surface area contributed by atoms with Crippen molar-refractivity contribution in [3.05, 3.63) is 39.9 Å². The minimum atomic E-state index is -0.748. The summed E-state index contributed by atoms with van der Waals surface area (Å²) in [7, 11) is 0. The van der Waals surface area contributed by atoms with E-state index in [4.69, 9.17) is 0 Å². The van der Waals surface area contributed by atoms with Gasteiger partial charge in [-0.25, -0.2) is 0 Å². The van der Waals surface area contributed by atoms with Crippen molar-refractivity contribution in [3.8, 4) is 0 Å². The fourth-order valence-corrected chi connectivity index (χ4v) is 4.07. The Labute approximate surface area is 122 Å². The van der Waals surface area contributed by atoms with Gasteiger partial charge >= 0.3 is 5.97 Å². The number of para-hydroxylation sites is 1. The van der Waals surface area contributed by atoms with Gasteiger partial charge in [0.15, 0.2) is 0 Å². The van der Waals surface area contributed by atoms with E-state index in [1.54, 1.807) is 18.2 Å². The number of fused-ring (bicyclic) bond motifs is 2. The summed E-state index contributed by atoms with van der Waals surface area (Å²) in [6.07, 6.45) is 2.51. The van der Waals surface area contributed by atoms with Crippen molar-refractivity contribution in [3.63, 3.8) is 0 Å². The van der Waals surface area contributed by atoms with Crippen LogP contribution in [-0.4, -0.2) is 33.0 Å². The van der Waals surface area contributed by atoms with Crippen LogP contribution in [0.25, 0.3) is 0 Å². The molecule has 0 spiro atoms. The van der Waals surface area contributed by atoms with Crippen LogP contribution < -0.4 is 0 Å². The molecule has 0 radical (unpaired) electrons. The molecular formula is C15H18N2O4. The minimum Gasteiger partial charge on any atom is -0.481 e. The average Bonchev–Trinajstić information content (AvgIpc) is 3.04. The molecule has 4 unspecified atom stereocenters. The lowest BCUT2D eigenvalue weighted by Gasteiger charge is -2.29. The van der Waals surface area contributed by atoms with Crippen LogP contribution >= 0.6 is 0 Å². The number of hydrogen-bond acceptors (Lipinski definition) is 4. The number of aliphatic carboxylic acids is 1. The van der Waals surface area contributed by atoms with E-state index in [-0.39, 0.29) is 34.7 Å². The van der Waals surface area contributed by atoms with Gasteiger partial charge in [0.2, 0.25) is 0 Å². The van der Waals surface area contributed by atoms with Crippen LogP contribution in [-0.2, 0) is 4.79 Å². The Morgan fingerprint density at radius 1 is 1.43 bits per heavy atom. The maximum atomic E-state index is 11.3. The third-order valence-corrected chi connectivity index (χ3v) is 4.94. The Kier molecular flexibility index (Phi) is 3.41. The maximum absolute atomic E-state index is 11.3. The maximum Gasteiger partial charge on any atom is 0.308 e. The Balaban J connectivity index is 1.92. The number of rotatable bonds is 4. The van der Waals surface area contributed by atoms with Gasteiger partial charge in [-0.05, 0) is 26.2 Å². The van der Waals surface area contributed by atoms with Gasteiger partial charge in [0.05, 0.1) is 10.8 Å². The van der Waals surface area contributed by atoms with E-state index < -0.39 is 5.97 Å². The zero-order chi connectivity index (χ0) is 15.1. The second-order valence-corrected chi connectivity index (χ2v) is 5.92. The van der Waals surface area contributed by atoms with Gasteiger partial charge < -0.3 is 5.11 Å². The number of carboxylic acids is 1. The number of hydrogen-bond donors (Lipinski definition) is 1. The van der Waals surface area contributed by atoms with Gasteiger partial charge in [-0.3, -0.25) is 19.8 Å². The second-order valence-electron chi connectivity index (χ2n) is 5.92. The van der Waals surface area contributed by atoms with E-state index in [2.05, 4.69) is 4.90 Å². The Bertz CT molecular complexity index is 589. The lowest BCUT2D eigenvalue weighted by atomic mass is 9.89. The molecule has 0 aromatic heterocycles. The minimum absolute atomic E-state index is 0.00214. The van der Waals surface area contributed by atoms with Crippen molar-refractivity contribution >= 4 is 11.7 Å². The average molecular weight is 290 g/mol. The number of nitro benzene ring substituents is 1. The van der Waals surface area contributed by atoms with Crippen molar-refractivity contribution in [2.75, 3.05) is 0 Å². The van der Waals surface area contributed by atoms with Crippen LogP contribution in [0.3, 0.4) is 0 Å². The zero-order valence-corrected chi connectivity index (χ0v) is 11.8. The summed E-state index contributed by atoms with van der Waals surface area (Å²) in [5, 5.41) is 20.5. The van der Waals surface area contributed by atoms with Crippen LogP contribution in [0.1, 0.15) is 37.8 Å². The van der Waals surface area contributed by atoms with Crippen molar-refractivity contribution in [2.45, 2.75) is 44.3 Å². The molecule has 2 aliphatic heterocycles. The normalized spacial score (nSPS) is 29.5. The molecule has 4 atom stereocenters. The van der Waals surface area contributed by atoms with Crippen LogP contribution in [0.5, 0.6) is 0 Å². The number of nitro groups is 1. The number of carboxylic acid groups (broad SMARTS) is 1. The van der Waals surface area contributed by atoms with Gasteiger partial charge in [-0.1, -0.05) is 18.2 Å². The summed E-state index contributed by atoms with van der Waals surface area (Å²) in [5.74, 6) is -1.09. The smallest absolute Gasteiger partial charge is 0.308 e. The first-order valence-electron chi connectivity index (χ1n) is 7.24. The van der Waals surface area contributed by atoms with Gasteiger partial charge in [-0.2, -0.15) is 0 Å². The largest absolute Gasteiger partial charge is 0.481 e. The quantitative estimate of drug-likeness (QED) is 0.680. The molecule has 0 aliphatic carbocycles. The van der Waals surface area contributed by atoms with Crippen LogP contribution in [0.15, 0.2) is 24.3 Å². The third-order valence-electron chi connectivity index (χ3n) is 4.94. The summed E-state index contributed by atoms with van der Waals surface area (Å²) < 4.78 is 0. The fourth-order valence-electron chi connectivity index (χ4n) is 4.07. The highest BCUT2D eigenvalue weighted by Crippen LogP contribution is 2.47. The van der Waals surface area contributed by atoms with E-state index in [0.29, 0.717) is 12.0 Å². The Morgan fingerprint density at radius 2 is 2.14 bits per heavy atom. The van der Waals surface area contributed by atoms with E-state index in [0.717, 1.165) is 12.8 Å². The van der Waals surface area contributed by atoms with Crippen LogP contribution in [0.2, 0.25) is 0 Å². The Hall–Kier alpha value is -1.95. The molecule has 1 aromatic carbocycles. The molecule has 6 nitrogen and oxygen atoms in total. The van der Waals surface area contributed by atoms with E-state index in [1.165, 1.54) is 6.07 Å². The molecule has 21 heavy (non-hydrogen) atoms.